The molecular formula is C51H36Si. The number of rotatable bonds is 6. The fourth-order valence-corrected chi connectivity index (χ4v) is 14.4. The summed E-state index contributed by atoms with van der Waals surface area (Å²) in [7, 11) is -2.86. The molecule has 9 aromatic rings. The second-order valence-corrected chi connectivity index (χ2v) is 17.7. The Balaban J connectivity index is 1.31. The van der Waals surface area contributed by atoms with Crippen molar-refractivity contribution in [1.29, 1.82) is 0 Å². The maximum Gasteiger partial charge on any atom is 0.180 e. The molecular weight excluding hydrogens is 641 g/mol. The summed E-state index contributed by atoms with van der Waals surface area (Å²) in [6, 6.07) is 79.5. The minimum atomic E-state index is -2.86. The van der Waals surface area contributed by atoms with E-state index in [4.69, 9.17) is 0 Å². The summed E-state index contributed by atoms with van der Waals surface area (Å²) in [5.41, 5.74) is 9.33. The van der Waals surface area contributed by atoms with Crippen molar-refractivity contribution in [3.05, 3.63) is 229 Å². The fraction of sp³-hybridized carbons (Fsp3) is 0.0196. The summed E-state index contributed by atoms with van der Waals surface area (Å²) in [4.78, 5) is 0. The molecule has 9 aromatic carbocycles. The van der Waals surface area contributed by atoms with Crippen LogP contribution in [0.2, 0.25) is 0 Å². The SMILES string of the molecule is c1ccc(C2c3ccccc3-c3cc(-c4c5ccccc5c([Si](c5ccccc5)(c5ccccc5)c5ccccc5)c5ccccc45)ccc32)cc1. The average molecular weight is 677 g/mol. The molecule has 0 bridgehead atoms. The van der Waals surface area contributed by atoms with Crippen molar-refractivity contribution in [3.63, 3.8) is 0 Å². The lowest BCUT2D eigenvalue weighted by molar-refractivity contribution is 1.02. The number of benzene rings is 9. The molecule has 1 aliphatic rings. The first kappa shape index (κ1) is 30.5. The van der Waals surface area contributed by atoms with Gasteiger partial charge in [-0.1, -0.05) is 206 Å². The van der Waals surface area contributed by atoms with Crippen LogP contribution >= 0.6 is 0 Å². The van der Waals surface area contributed by atoms with Gasteiger partial charge < -0.3 is 0 Å². The Morgan fingerprint density at radius 1 is 0.327 bits per heavy atom. The van der Waals surface area contributed by atoms with Gasteiger partial charge in [0.2, 0.25) is 0 Å². The van der Waals surface area contributed by atoms with E-state index in [0.29, 0.717) is 0 Å². The van der Waals surface area contributed by atoms with Gasteiger partial charge in [0.1, 0.15) is 0 Å². The Kier molecular flexibility index (Phi) is 7.33. The molecule has 0 saturated heterocycles. The topological polar surface area (TPSA) is 0 Å². The monoisotopic (exact) mass is 676 g/mol. The molecule has 0 heterocycles. The fourth-order valence-electron chi connectivity index (χ4n) is 9.20. The maximum atomic E-state index is 2.47. The molecule has 0 amide bonds. The Morgan fingerprint density at radius 3 is 1.29 bits per heavy atom. The van der Waals surface area contributed by atoms with Gasteiger partial charge in [0, 0.05) is 5.92 Å². The summed E-state index contributed by atoms with van der Waals surface area (Å²) in [6.45, 7) is 0. The summed E-state index contributed by atoms with van der Waals surface area (Å²) < 4.78 is 0. The van der Waals surface area contributed by atoms with Crippen molar-refractivity contribution in [2.24, 2.45) is 0 Å². The molecule has 1 atom stereocenters. The van der Waals surface area contributed by atoms with Crippen LogP contribution in [0.3, 0.4) is 0 Å². The van der Waals surface area contributed by atoms with Gasteiger partial charge in [0.15, 0.2) is 8.07 Å². The molecule has 1 unspecified atom stereocenters. The van der Waals surface area contributed by atoms with Gasteiger partial charge in [-0.05, 0) is 87.3 Å². The normalized spacial score (nSPS) is 13.6. The van der Waals surface area contributed by atoms with Crippen LogP contribution in [0.5, 0.6) is 0 Å². The molecule has 0 N–H and O–H groups in total. The Hall–Kier alpha value is -6.28. The first-order valence-electron chi connectivity index (χ1n) is 18.2. The van der Waals surface area contributed by atoms with Crippen molar-refractivity contribution in [1.82, 2.24) is 0 Å². The smallest absolute Gasteiger partial charge is 0.0623 e. The van der Waals surface area contributed by atoms with Crippen LogP contribution in [-0.2, 0) is 0 Å². The minimum absolute atomic E-state index is 0.228. The molecule has 1 heteroatoms. The lowest BCUT2D eigenvalue weighted by atomic mass is 9.87. The standard InChI is InChI=1S/C51H36Si/c1-5-19-36(20-6-1)49-42-28-14-13-27-41(42)48-35-37(33-34-45(48)49)50-43-29-15-17-31-46(43)51(47-32-18-16-30-44(47)50)52(38-21-7-2-8-22-38,39-23-9-3-10-24-39)40-25-11-4-12-26-40/h1-35,49H. The van der Waals surface area contributed by atoms with Crippen LogP contribution < -0.4 is 20.7 Å². The highest BCUT2D eigenvalue weighted by atomic mass is 28.3. The van der Waals surface area contributed by atoms with E-state index in [9.17, 15) is 0 Å². The zero-order valence-corrected chi connectivity index (χ0v) is 29.8. The summed E-state index contributed by atoms with van der Waals surface area (Å²) in [5, 5.41) is 10.8. The van der Waals surface area contributed by atoms with Crippen LogP contribution in [0.15, 0.2) is 212 Å². The third kappa shape index (κ3) is 4.60. The second-order valence-electron chi connectivity index (χ2n) is 13.9. The van der Waals surface area contributed by atoms with E-state index in [1.54, 1.807) is 0 Å². The van der Waals surface area contributed by atoms with Crippen LogP contribution in [0.25, 0.3) is 43.8 Å². The van der Waals surface area contributed by atoms with E-state index in [1.165, 1.54) is 81.2 Å². The molecule has 0 saturated carbocycles. The first-order chi connectivity index (χ1) is 25.8. The maximum absolute atomic E-state index is 2.86. The largest absolute Gasteiger partial charge is 0.180 e. The van der Waals surface area contributed by atoms with Gasteiger partial charge in [-0.15, -0.1) is 0 Å². The molecule has 0 fully saturated rings. The van der Waals surface area contributed by atoms with Gasteiger partial charge >= 0.3 is 0 Å². The van der Waals surface area contributed by atoms with Gasteiger partial charge in [-0.2, -0.15) is 0 Å². The molecule has 1 aliphatic carbocycles. The highest BCUT2D eigenvalue weighted by Crippen LogP contribution is 2.50. The number of fused-ring (bicyclic) bond motifs is 5. The van der Waals surface area contributed by atoms with E-state index >= 15 is 0 Å². The zero-order valence-electron chi connectivity index (χ0n) is 28.8. The van der Waals surface area contributed by atoms with Gasteiger partial charge in [0.05, 0.1) is 0 Å². The van der Waals surface area contributed by atoms with Crippen LogP contribution in [0, 0.1) is 0 Å². The Morgan fingerprint density at radius 2 is 0.750 bits per heavy atom. The van der Waals surface area contributed by atoms with E-state index in [0.717, 1.165) is 0 Å². The van der Waals surface area contributed by atoms with Crippen molar-refractivity contribution < 1.29 is 0 Å². The molecule has 52 heavy (non-hydrogen) atoms. The average Bonchev–Trinajstić information content (AvgIpc) is 3.56. The van der Waals surface area contributed by atoms with E-state index in [-0.39, 0.29) is 5.92 Å². The predicted molar refractivity (Wildman–Crippen MR) is 223 cm³/mol. The summed E-state index contributed by atoms with van der Waals surface area (Å²) in [6.07, 6.45) is 0. The zero-order chi connectivity index (χ0) is 34.5. The number of hydrogen-bond donors (Lipinski definition) is 0. The van der Waals surface area contributed by atoms with Crippen LogP contribution in [-0.4, -0.2) is 8.07 Å². The highest BCUT2D eigenvalue weighted by molar-refractivity contribution is 7.21. The predicted octanol–water partition coefficient (Wildman–Crippen LogP) is 10.2. The summed E-state index contributed by atoms with van der Waals surface area (Å²) in [5.74, 6) is 0.228. The van der Waals surface area contributed by atoms with Crippen molar-refractivity contribution in [2.45, 2.75) is 5.92 Å². The molecule has 0 aromatic heterocycles. The molecule has 0 nitrogen and oxygen atoms in total. The quantitative estimate of drug-likeness (QED) is 0.0934. The highest BCUT2D eigenvalue weighted by Gasteiger charge is 2.44. The van der Waals surface area contributed by atoms with Crippen molar-refractivity contribution in [2.75, 3.05) is 0 Å². The third-order valence-electron chi connectivity index (χ3n) is 11.3. The molecule has 0 radical (unpaired) electrons. The van der Waals surface area contributed by atoms with Crippen molar-refractivity contribution >= 4 is 50.4 Å². The second kappa shape index (κ2) is 12.5. The molecule has 0 aliphatic heterocycles. The van der Waals surface area contributed by atoms with E-state index in [1.807, 2.05) is 0 Å². The molecule has 0 spiro atoms. The van der Waals surface area contributed by atoms with Crippen LogP contribution in [0.4, 0.5) is 0 Å². The summed E-state index contributed by atoms with van der Waals surface area (Å²) >= 11 is 0. The van der Waals surface area contributed by atoms with Gasteiger partial charge in [-0.3, -0.25) is 0 Å². The Labute approximate surface area is 306 Å². The third-order valence-corrected chi connectivity index (χ3v) is 16.2. The molecule has 10 rings (SSSR count). The minimum Gasteiger partial charge on any atom is -0.0623 e. The van der Waals surface area contributed by atoms with E-state index < -0.39 is 8.07 Å². The number of hydrogen-bond acceptors (Lipinski definition) is 0. The van der Waals surface area contributed by atoms with E-state index in [2.05, 4.69) is 212 Å². The first-order valence-corrected chi connectivity index (χ1v) is 20.2. The lowest BCUT2D eigenvalue weighted by Gasteiger charge is -2.37. The van der Waals surface area contributed by atoms with Gasteiger partial charge in [-0.25, -0.2) is 0 Å². The Bertz CT molecular complexity index is 2560. The van der Waals surface area contributed by atoms with Crippen molar-refractivity contribution in [3.8, 4) is 22.3 Å². The lowest BCUT2D eigenvalue weighted by Crippen LogP contribution is -2.75. The van der Waals surface area contributed by atoms with Gasteiger partial charge in [0.25, 0.3) is 0 Å². The molecule has 244 valence electrons. The van der Waals surface area contributed by atoms with Crippen LogP contribution in [0.1, 0.15) is 22.6 Å².